The fraction of sp³-hybridized carbons (Fsp3) is 0.500. The van der Waals surface area contributed by atoms with E-state index in [1.165, 1.54) is 4.90 Å². The molecule has 1 aromatic carbocycles. The molecule has 0 aromatic heterocycles. The quantitative estimate of drug-likeness (QED) is 0.846. The highest BCUT2D eigenvalue weighted by Crippen LogP contribution is 2.22. The van der Waals surface area contributed by atoms with Crippen LogP contribution in [0.3, 0.4) is 0 Å². The van der Waals surface area contributed by atoms with Gasteiger partial charge >= 0.3 is 5.97 Å². The minimum absolute atomic E-state index is 0.292. The SMILES string of the molecule is O=C(O)C1CCCCN1CCSc1ccc(Cl)cc1. The highest BCUT2D eigenvalue weighted by atomic mass is 35.5. The van der Waals surface area contributed by atoms with E-state index < -0.39 is 5.97 Å². The molecular weight excluding hydrogens is 282 g/mol. The molecule has 1 N–H and O–H groups in total. The Bertz CT molecular complexity index is 424. The summed E-state index contributed by atoms with van der Waals surface area (Å²) >= 11 is 7.58. The third-order valence-electron chi connectivity index (χ3n) is 3.36. The summed E-state index contributed by atoms with van der Waals surface area (Å²) in [7, 11) is 0. The summed E-state index contributed by atoms with van der Waals surface area (Å²) in [4.78, 5) is 14.4. The van der Waals surface area contributed by atoms with Crippen LogP contribution in [-0.4, -0.2) is 40.9 Å². The molecule has 0 radical (unpaired) electrons. The molecule has 2 rings (SSSR count). The van der Waals surface area contributed by atoms with Gasteiger partial charge in [0, 0.05) is 22.2 Å². The Balaban J connectivity index is 1.80. The number of likely N-dealkylation sites (tertiary alicyclic amines) is 1. The van der Waals surface area contributed by atoms with Crippen LogP contribution in [0.5, 0.6) is 0 Å². The molecule has 104 valence electrons. The lowest BCUT2D eigenvalue weighted by atomic mass is 10.0. The number of benzene rings is 1. The molecule has 5 heteroatoms. The second-order valence-electron chi connectivity index (χ2n) is 4.69. The van der Waals surface area contributed by atoms with Gasteiger partial charge in [-0.25, -0.2) is 0 Å². The van der Waals surface area contributed by atoms with Crippen molar-refractivity contribution in [3.8, 4) is 0 Å². The smallest absolute Gasteiger partial charge is 0.320 e. The Kier molecular flexibility index (Phi) is 5.55. The molecule has 19 heavy (non-hydrogen) atoms. The second kappa shape index (κ2) is 7.17. The second-order valence-corrected chi connectivity index (χ2v) is 6.29. The number of halogens is 1. The first kappa shape index (κ1) is 14.7. The monoisotopic (exact) mass is 299 g/mol. The van der Waals surface area contributed by atoms with Crippen molar-refractivity contribution in [2.75, 3.05) is 18.8 Å². The molecule has 0 bridgehead atoms. The topological polar surface area (TPSA) is 40.5 Å². The van der Waals surface area contributed by atoms with Crippen molar-refractivity contribution in [3.05, 3.63) is 29.3 Å². The van der Waals surface area contributed by atoms with Gasteiger partial charge in [0.2, 0.25) is 0 Å². The summed E-state index contributed by atoms with van der Waals surface area (Å²) in [6.45, 7) is 1.72. The van der Waals surface area contributed by atoms with E-state index >= 15 is 0 Å². The number of hydrogen-bond acceptors (Lipinski definition) is 3. The highest BCUT2D eigenvalue weighted by molar-refractivity contribution is 7.99. The minimum atomic E-state index is -0.684. The summed E-state index contributed by atoms with van der Waals surface area (Å²) in [6.07, 6.45) is 2.91. The van der Waals surface area contributed by atoms with E-state index in [0.29, 0.717) is 0 Å². The molecule has 1 atom stereocenters. The summed E-state index contributed by atoms with van der Waals surface area (Å²) in [5.74, 6) is 0.224. The zero-order chi connectivity index (χ0) is 13.7. The first-order valence-electron chi connectivity index (χ1n) is 6.52. The van der Waals surface area contributed by atoms with Crippen LogP contribution in [0.1, 0.15) is 19.3 Å². The third kappa shape index (κ3) is 4.41. The van der Waals surface area contributed by atoms with Crippen molar-refractivity contribution in [3.63, 3.8) is 0 Å². The molecule has 1 aromatic rings. The summed E-state index contributed by atoms with van der Waals surface area (Å²) in [6, 6.07) is 7.46. The largest absolute Gasteiger partial charge is 0.480 e. The van der Waals surface area contributed by atoms with Gasteiger partial charge in [-0.05, 0) is 43.7 Å². The van der Waals surface area contributed by atoms with E-state index in [1.807, 2.05) is 24.3 Å². The first-order valence-corrected chi connectivity index (χ1v) is 7.88. The van der Waals surface area contributed by atoms with Gasteiger partial charge in [-0.2, -0.15) is 0 Å². The van der Waals surface area contributed by atoms with Gasteiger partial charge in [-0.15, -0.1) is 11.8 Å². The molecule has 1 saturated heterocycles. The van der Waals surface area contributed by atoms with Crippen LogP contribution in [0.15, 0.2) is 29.2 Å². The molecule has 1 unspecified atom stereocenters. The van der Waals surface area contributed by atoms with E-state index in [1.54, 1.807) is 11.8 Å². The van der Waals surface area contributed by atoms with E-state index in [2.05, 4.69) is 4.90 Å². The Morgan fingerprint density at radius 1 is 1.37 bits per heavy atom. The van der Waals surface area contributed by atoms with Gasteiger partial charge in [0.05, 0.1) is 0 Å². The van der Waals surface area contributed by atoms with Crippen LogP contribution < -0.4 is 0 Å². The van der Waals surface area contributed by atoms with Gasteiger partial charge in [-0.3, -0.25) is 9.69 Å². The van der Waals surface area contributed by atoms with E-state index in [4.69, 9.17) is 11.6 Å². The maximum absolute atomic E-state index is 11.2. The van der Waals surface area contributed by atoms with Crippen LogP contribution in [0.4, 0.5) is 0 Å². The molecule has 3 nitrogen and oxygen atoms in total. The van der Waals surface area contributed by atoms with E-state index in [-0.39, 0.29) is 6.04 Å². The summed E-state index contributed by atoms with van der Waals surface area (Å²) in [5.41, 5.74) is 0. The van der Waals surface area contributed by atoms with Gasteiger partial charge < -0.3 is 5.11 Å². The molecule has 0 saturated carbocycles. The Labute approximate surface area is 122 Å². The molecule has 0 spiro atoms. The van der Waals surface area contributed by atoms with Crippen molar-refractivity contribution < 1.29 is 9.90 Å². The summed E-state index contributed by atoms with van der Waals surface area (Å²) < 4.78 is 0. The predicted molar refractivity (Wildman–Crippen MR) is 79.0 cm³/mol. The number of thioether (sulfide) groups is 1. The lowest BCUT2D eigenvalue weighted by Gasteiger charge is -2.32. The van der Waals surface area contributed by atoms with Crippen LogP contribution in [0.2, 0.25) is 5.02 Å². The third-order valence-corrected chi connectivity index (χ3v) is 4.60. The molecule has 1 heterocycles. The van der Waals surface area contributed by atoms with Gasteiger partial charge in [0.1, 0.15) is 6.04 Å². The number of nitrogens with zero attached hydrogens (tertiary/aromatic N) is 1. The lowest BCUT2D eigenvalue weighted by Crippen LogP contribution is -2.45. The zero-order valence-electron chi connectivity index (χ0n) is 10.7. The predicted octanol–water partition coefficient (Wildman–Crippen LogP) is 3.37. The molecule has 0 aliphatic carbocycles. The van der Waals surface area contributed by atoms with Crippen LogP contribution >= 0.6 is 23.4 Å². The number of rotatable bonds is 5. The first-order chi connectivity index (χ1) is 9.16. The molecule has 0 amide bonds. The lowest BCUT2D eigenvalue weighted by molar-refractivity contribution is -0.144. The zero-order valence-corrected chi connectivity index (χ0v) is 12.3. The van der Waals surface area contributed by atoms with Gasteiger partial charge in [0.25, 0.3) is 0 Å². The van der Waals surface area contributed by atoms with Gasteiger partial charge in [0.15, 0.2) is 0 Å². The standard InChI is InChI=1S/C14H18ClNO2S/c15-11-4-6-12(7-5-11)19-10-9-16-8-2-1-3-13(16)14(17)18/h4-7,13H,1-3,8-10H2,(H,17,18). The molecule has 1 aliphatic rings. The number of piperidine rings is 1. The van der Waals surface area contributed by atoms with Crippen molar-refractivity contribution in [1.29, 1.82) is 0 Å². The van der Waals surface area contributed by atoms with Crippen molar-refractivity contribution >= 4 is 29.3 Å². The van der Waals surface area contributed by atoms with E-state index in [0.717, 1.165) is 43.1 Å². The van der Waals surface area contributed by atoms with Crippen molar-refractivity contribution in [2.24, 2.45) is 0 Å². The van der Waals surface area contributed by atoms with Crippen LogP contribution in [0, 0.1) is 0 Å². The summed E-state index contributed by atoms with van der Waals surface area (Å²) in [5, 5.41) is 9.93. The molecule has 1 fully saturated rings. The normalized spacial score (nSPS) is 20.4. The maximum atomic E-state index is 11.2. The number of carboxylic acid groups (broad SMARTS) is 1. The van der Waals surface area contributed by atoms with E-state index in [9.17, 15) is 9.90 Å². The Hall–Kier alpha value is -0.710. The number of carboxylic acids is 1. The molecular formula is C14H18ClNO2S. The maximum Gasteiger partial charge on any atom is 0.320 e. The fourth-order valence-electron chi connectivity index (χ4n) is 2.35. The number of aliphatic carboxylic acids is 1. The Morgan fingerprint density at radius 2 is 2.11 bits per heavy atom. The van der Waals surface area contributed by atoms with Crippen molar-refractivity contribution in [2.45, 2.75) is 30.2 Å². The highest BCUT2D eigenvalue weighted by Gasteiger charge is 2.27. The fourth-order valence-corrected chi connectivity index (χ4v) is 3.37. The minimum Gasteiger partial charge on any atom is -0.480 e. The molecule has 1 aliphatic heterocycles. The number of hydrogen-bond donors (Lipinski definition) is 1. The van der Waals surface area contributed by atoms with Crippen molar-refractivity contribution in [1.82, 2.24) is 4.90 Å². The number of carbonyl (C=O) groups is 1. The Morgan fingerprint density at radius 3 is 2.79 bits per heavy atom. The van der Waals surface area contributed by atoms with Gasteiger partial charge in [-0.1, -0.05) is 18.0 Å². The van der Waals surface area contributed by atoms with Crippen LogP contribution in [0.25, 0.3) is 0 Å². The van der Waals surface area contributed by atoms with Crippen LogP contribution in [-0.2, 0) is 4.79 Å². The average molecular weight is 300 g/mol. The average Bonchev–Trinajstić information content (AvgIpc) is 2.41.